The van der Waals surface area contributed by atoms with Gasteiger partial charge in [-0.2, -0.15) is 0 Å². The van der Waals surface area contributed by atoms with Crippen LogP contribution in [0.15, 0.2) is 0 Å². The minimum atomic E-state index is -0.947. The molecular formula is C13H26NO4+. The fraction of sp³-hybridized carbons (Fsp3) is 0.846. The van der Waals surface area contributed by atoms with E-state index in [9.17, 15) is 9.59 Å². The van der Waals surface area contributed by atoms with E-state index in [2.05, 4.69) is 0 Å². The predicted octanol–water partition coefficient (Wildman–Crippen LogP) is 1.52. The number of carbonyl (C=O) groups excluding carboxylic acids is 1. The van der Waals surface area contributed by atoms with Crippen molar-refractivity contribution in [2.45, 2.75) is 39.7 Å². The predicted molar refractivity (Wildman–Crippen MR) is 69.1 cm³/mol. The maximum absolute atomic E-state index is 11.7. The van der Waals surface area contributed by atoms with Crippen molar-refractivity contribution >= 4 is 11.9 Å². The van der Waals surface area contributed by atoms with E-state index in [-0.39, 0.29) is 17.8 Å². The van der Waals surface area contributed by atoms with E-state index in [4.69, 9.17) is 9.84 Å². The zero-order valence-corrected chi connectivity index (χ0v) is 12.3. The number of carbonyl (C=O) groups is 2. The van der Waals surface area contributed by atoms with Crippen LogP contribution in [0.5, 0.6) is 0 Å². The normalized spacial score (nSPS) is 14.1. The van der Waals surface area contributed by atoms with Crippen LogP contribution in [0.4, 0.5) is 0 Å². The largest absolute Gasteiger partial charge is 0.481 e. The van der Waals surface area contributed by atoms with Crippen molar-refractivity contribution in [2.75, 3.05) is 27.7 Å². The van der Waals surface area contributed by atoms with Gasteiger partial charge in [-0.15, -0.1) is 0 Å². The zero-order valence-electron chi connectivity index (χ0n) is 12.3. The number of likely N-dealkylation sites (N-methyl/N-ethyl adjacent to an activating group) is 1. The lowest BCUT2D eigenvalue weighted by atomic mass is 9.92. The third-order valence-electron chi connectivity index (χ3n) is 2.13. The molecule has 0 aromatic heterocycles. The van der Waals surface area contributed by atoms with Crippen molar-refractivity contribution in [2.24, 2.45) is 5.41 Å². The Hall–Kier alpha value is -1.10. The van der Waals surface area contributed by atoms with Gasteiger partial charge in [0.1, 0.15) is 6.54 Å². The van der Waals surface area contributed by atoms with E-state index >= 15 is 0 Å². The summed E-state index contributed by atoms with van der Waals surface area (Å²) in [6.07, 6.45) is -0.427. The average molecular weight is 260 g/mol. The number of rotatable bonds is 6. The number of ether oxygens (including phenoxy) is 1. The standard InChI is InChI=1S/C13H25NO4/c1-13(2,3)8-12(17)18-10(7-11(15)16)9-14(4,5)6/h10H,7-9H2,1-6H3/p+1. The van der Waals surface area contributed by atoms with Gasteiger partial charge in [0.05, 0.1) is 34.0 Å². The van der Waals surface area contributed by atoms with Crippen molar-refractivity contribution in [1.29, 1.82) is 0 Å². The topological polar surface area (TPSA) is 63.6 Å². The number of aliphatic carboxylic acids is 1. The summed E-state index contributed by atoms with van der Waals surface area (Å²) < 4.78 is 5.83. The van der Waals surface area contributed by atoms with Gasteiger partial charge in [0.15, 0.2) is 6.10 Å². The van der Waals surface area contributed by atoms with E-state index in [1.807, 2.05) is 41.9 Å². The molecule has 0 aromatic rings. The average Bonchev–Trinajstić information content (AvgIpc) is 1.92. The molecule has 0 aromatic carbocycles. The Morgan fingerprint density at radius 1 is 1.22 bits per heavy atom. The van der Waals surface area contributed by atoms with Crippen molar-refractivity contribution in [1.82, 2.24) is 0 Å². The third-order valence-corrected chi connectivity index (χ3v) is 2.13. The molecule has 18 heavy (non-hydrogen) atoms. The molecule has 1 atom stereocenters. The van der Waals surface area contributed by atoms with Crippen LogP contribution in [-0.4, -0.2) is 55.3 Å². The van der Waals surface area contributed by atoms with Crippen molar-refractivity contribution in [3.05, 3.63) is 0 Å². The fourth-order valence-electron chi connectivity index (χ4n) is 1.61. The highest BCUT2D eigenvalue weighted by Gasteiger charge is 2.26. The SMILES string of the molecule is CC(C)(C)CC(=O)OC(CC(=O)O)C[N+](C)(C)C. The Labute approximate surface area is 109 Å². The van der Waals surface area contributed by atoms with Crippen molar-refractivity contribution in [3.8, 4) is 0 Å². The highest BCUT2D eigenvalue weighted by molar-refractivity contribution is 5.72. The summed E-state index contributed by atoms with van der Waals surface area (Å²) in [6.45, 7) is 6.32. The van der Waals surface area contributed by atoms with Gasteiger partial charge in [-0.1, -0.05) is 20.8 Å². The number of esters is 1. The lowest BCUT2D eigenvalue weighted by Gasteiger charge is -2.29. The molecule has 0 rings (SSSR count). The molecule has 0 bridgehead atoms. The second-order valence-electron chi connectivity index (χ2n) is 6.92. The first-order chi connectivity index (χ1) is 7.89. The van der Waals surface area contributed by atoms with Gasteiger partial charge < -0.3 is 14.3 Å². The minimum Gasteiger partial charge on any atom is -0.481 e. The molecule has 0 fully saturated rings. The molecular weight excluding hydrogens is 234 g/mol. The van der Waals surface area contributed by atoms with E-state index in [0.717, 1.165) is 0 Å². The summed E-state index contributed by atoms with van der Waals surface area (Å²) in [7, 11) is 5.81. The number of nitrogens with zero attached hydrogens (tertiary/aromatic N) is 1. The van der Waals surface area contributed by atoms with Gasteiger partial charge in [-0.3, -0.25) is 9.59 Å². The summed E-state index contributed by atoms with van der Waals surface area (Å²) in [5.74, 6) is -1.28. The van der Waals surface area contributed by atoms with Crippen molar-refractivity contribution < 1.29 is 23.9 Å². The third kappa shape index (κ3) is 10.1. The zero-order chi connectivity index (χ0) is 14.6. The van der Waals surface area contributed by atoms with Gasteiger partial charge in [0, 0.05) is 0 Å². The monoisotopic (exact) mass is 260 g/mol. The molecule has 106 valence electrons. The van der Waals surface area contributed by atoms with Crippen LogP contribution in [0, 0.1) is 5.41 Å². The molecule has 1 unspecified atom stereocenters. The summed E-state index contributed by atoms with van der Waals surface area (Å²) in [6, 6.07) is 0. The van der Waals surface area contributed by atoms with E-state index in [0.29, 0.717) is 17.4 Å². The highest BCUT2D eigenvalue weighted by Crippen LogP contribution is 2.20. The highest BCUT2D eigenvalue weighted by atomic mass is 16.5. The van der Waals surface area contributed by atoms with Crippen LogP contribution < -0.4 is 0 Å². The molecule has 0 heterocycles. The molecule has 1 N–H and O–H groups in total. The first-order valence-electron chi connectivity index (χ1n) is 6.11. The van der Waals surface area contributed by atoms with Gasteiger partial charge in [0.25, 0.3) is 0 Å². The summed E-state index contributed by atoms with van der Waals surface area (Å²) in [5.41, 5.74) is -0.151. The Morgan fingerprint density at radius 3 is 2.06 bits per heavy atom. The Kier molecular flexibility index (Phi) is 5.80. The van der Waals surface area contributed by atoms with Crippen LogP contribution in [0.1, 0.15) is 33.6 Å². The lowest BCUT2D eigenvalue weighted by molar-refractivity contribution is -0.873. The van der Waals surface area contributed by atoms with Gasteiger partial charge in [0.2, 0.25) is 0 Å². The van der Waals surface area contributed by atoms with E-state index in [1.54, 1.807) is 0 Å². The minimum absolute atomic E-state index is 0.147. The molecule has 0 saturated heterocycles. The fourth-order valence-corrected chi connectivity index (χ4v) is 1.61. The van der Waals surface area contributed by atoms with Crippen LogP contribution in [-0.2, 0) is 14.3 Å². The molecule has 0 aliphatic heterocycles. The molecule has 0 radical (unpaired) electrons. The Morgan fingerprint density at radius 2 is 1.72 bits per heavy atom. The van der Waals surface area contributed by atoms with Crippen LogP contribution in [0.25, 0.3) is 0 Å². The molecule has 5 nitrogen and oxygen atoms in total. The first-order valence-corrected chi connectivity index (χ1v) is 6.11. The number of hydrogen-bond donors (Lipinski definition) is 1. The number of hydrogen-bond acceptors (Lipinski definition) is 3. The van der Waals surface area contributed by atoms with E-state index in [1.165, 1.54) is 0 Å². The quantitative estimate of drug-likeness (QED) is 0.581. The molecule has 0 aliphatic carbocycles. The van der Waals surface area contributed by atoms with Crippen LogP contribution in [0.3, 0.4) is 0 Å². The molecule has 0 saturated carbocycles. The number of carboxylic acids is 1. The Balaban J connectivity index is 4.50. The Bertz CT molecular complexity index is 299. The summed E-state index contributed by atoms with van der Waals surface area (Å²) >= 11 is 0. The summed E-state index contributed by atoms with van der Waals surface area (Å²) in [4.78, 5) is 22.5. The summed E-state index contributed by atoms with van der Waals surface area (Å²) in [5, 5.41) is 8.83. The number of quaternary nitrogens is 1. The molecule has 0 spiro atoms. The second kappa shape index (κ2) is 6.18. The van der Waals surface area contributed by atoms with Gasteiger partial charge in [-0.05, 0) is 5.41 Å². The van der Waals surface area contributed by atoms with E-state index < -0.39 is 12.1 Å². The van der Waals surface area contributed by atoms with Gasteiger partial charge in [-0.25, -0.2) is 0 Å². The second-order valence-corrected chi connectivity index (χ2v) is 6.92. The maximum atomic E-state index is 11.7. The molecule has 5 heteroatoms. The smallest absolute Gasteiger partial charge is 0.307 e. The number of carboxylic acid groups (broad SMARTS) is 1. The first kappa shape index (κ1) is 16.9. The van der Waals surface area contributed by atoms with Crippen LogP contribution in [0.2, 0.25) is 0 Å². The molecule has 0 amide bonds. The maximum Gasteiger partial charge on any atom is 0.307 e. The van der Waals surface area contributed by atoms with Crippen LogP contribution >= 0.6 is 0 Å². The van der Waals surface area contributed by atoms with Gasteiger partial charge >= 0.3 is 11.9 Å². The molecule has 0 aliphatic rings. The van der Waals surface area contributed by atoms with Crippen molar-refractivity contribution in [3.63, 3.8) is 0 Å². The lowest BCUT2D eigenvalue weighted by Crippen LogP contribution is -2.44.